The molecule has 3 rings (SSSR count). The zero-order valence-electron chi connectivity index (χ0n) is 11.2. The van der Waals surface area contributed by atoms with Gasteiger partial charge in [0.2, 0.25) is 5.95 Å². The number of hydrogen-bond donors (Lipinski definition) is 1. The summed E-state index contributed by atoms with van der Waals surface area (Å²) in [4.78, 5) is 4.38. The van der Waals surface area contributed by atoms with Crippen LogP contribution in [0, 0.1) is 0 Å². The second-order valence-electron chi connectivity index (χ2n) is 5.27. The van der Waals surface area contributed by atoms with Crippen LogP contribution in [0.25, 0.3) is 0 Å². The quantitative estimate of drug-likeness (QED) is 0.914. The number of anilines is 2. The molecular formula is C15H19N3O. The Hall–Kier alpha value is -1.81. The molecule has 2 heterocycles. The summed E-state index contributed by atoms with van der Waals surface area (Å²) < 4.78 is 7.97. The van der Waals surface area contributed by atoms with Crippen LogP contribution < -0.4 is 5.32 Å². The lowest BCUT2D eigenvalue weighted by Crippen LogP contribution is -2.29. The van der Waals surface area contributed by atoms with Crippen molar-refractivity contribution in [1.82, 2.24) is 9.55 Å². The first-order valence-corrected chi connectivity index (χ1v) is 6.72. The minimum absolute atomic E-state index is 0.0617. The molecule has 4 nitrogen and oxygen atoms in total. The first-order chi connectivity index (χ1) is 9.25. The molecule has 1 unspecified atom stereocenters. The van der Waals surface area contributed by atoms with Crippen molar-refractivity contribution < 1.29 is 4.74 Å². The molecule has 1 aliphatic rings. The highest BCUT2D eigenvalue weighted by Gasteiger charge is 2.30. The van der Waals surface area contributed by atoms with Gasteiger partial charge in [-0.1, -0.05) is 18.2 Å². The van der Waals surface area contributed by atoms with Crippen LogP contribution in [-0.4, -0.2) is 21.8 Å². The second-order valence-corrected chi connectivity index (χ2v) is 5.27. The number of rotatable bonds is 4. The molecule has 1 atom stereocenters. The summed E-state index contributed by atoms with van der Waals surface area (Å²) in [6, 6.07) is 10.1. The molecule has 0 amide bonds. The van der Waals surface area contributed by atoms with E-state index in [9.17, 15) is 0 Å². The van der Waals surface area contributed by atoms with Gasteiger partial charge in [-0.15, -0.1) is 0 Å². The molecule has 100 valence electrons. The van der Waals surface area contributed by atoms with Gasteiger partial charge in [0.15, 0.2) is 0 Å². The first kappa shape index (κ1) is 12.2. The molecule has 0 aliphatic carbocycles. The van der Waals surface area contributed by atoms with E-state index in [2.05, 4.69) is 21.8 Å². The van der Waals surface area contributed by atoms with Crippen molar-refractivity contribution in [2.24, 2.45) is 0 Å². The first-order valence-electron chi connectivity index (χ1n) is 6.72. The van der Waals surface area contributed by atoms with E-state index in [4.69, 9.17) is 4.74 Å². The topological polar surface area (TPSA) is 39.1 Å². The van der Waals surface area contributed by atoms with Crippen LogP contribution in [0.1, 0.15) is 19.8 Å². The van der Waals surface area contributed by atoms with E-state index in [0.717, 1.165) is 37.6 Å². The van der Waals surface area contributed by atoms with Gasteiger partial charge in [0.1, 0.15) is 0 Å². The zero-order valence-corrected chi connectivity index (χ0v) is 11.2. The fourth-order valence-corrected chi connectivity index (χ4v) is 2.53. The molecule has 1 N–H and O–H groups in total. The van der Waals surface area contributed by atoms with Crippen LogP contribution >= 0.6 is 0 Å². The lowest BCUT2D eigenvalue weighted by molar-refractivity contribution is 0.00666. The van der Waals surface area contributed by atoms with Gasteiger partial charge in [-0.05, 0) is 31.9 Å². The molecule has 4 heteroatoms. The zero-order chi connectivity index (χ0) is 13.1. The summed E-state index contributed by atoms with van der Waals surface area (Å²) in [7, 11) is 0. The van der Waals surface area contributed by atoms with Crippen molar-refractivity contribution in [2.75, 3.05) is 11.9 Å². The van der Waals surface area contributed by atoms with Crippen LogP contribution in [0.5, 0.6) is 0 Å². The highest BCUT2D eigenvalue weighted by molar-refractivity contribution is 5.53. The van der Waals surface area contributed by atoms with Crippen LogP contribution in [-0.2, 0) is 11.3 Å². The monoisotopic (exact) mass is 257 g/mol. The van der Waals surface area contributed by atoms with E-state index in [1.54, 1.807) is 0 Å². The molecule has 2 aromatic rings. The van der Waals surface area contributed by atoms with Gasteiger partial charge in [-0.3, -0.25) is 0 Å². The Morgan fingerprint density at radius 3 is 2.95 bits per heavy atom. The highest BCUT2D eigenvalue weighted by Crippen LogP contribution is 2.28. The lowest BCUT2D eigenvalue weighted by atomic mass is 10.0. The third kappa shape index (κ3) is 2.79. The molecule has 0 spiro atoms. The predicted molar refractivity (Wildman–Crippen MR) is 75.5 cm³/mol. The Kier molecular flexibility index (Phi) is 3.25. The number of nitrogens with zero attached hydrogens (tertiary/aromatic N) is 2. The van der Waals surface area contributed by atoms with Gasteiger partial charge >= 0.3 is 0 Å². The van der Waals surface area contributed by atoms with E-state index in [0.29, 0.717) is 0 Å². The Morgan fingerprint density at radius 2 is 2.21 bits per heavy atom. The fourth-order valence-electron chi connectivity index (χ4n) is 2.53. The van der Waals surface area contributed by atoms with Gasteiger partial charge in [-0.25, -0.2) is 4.98 Å². The Labute approximate surface area is 113 Å². The number of benzene rings is 1. The Morgan fingerprint density at radius 1 is 1.37 bits per heavy atom. The summed E-state index contributed by atoms with van der Waals surface area (Å²) >= 11 is 0. The van der Waals surface area contributed by atoms with Crippen molar-refractivity contribution >= 4 is 11.6 Å². The van der Waals surface area contributed by atoms with Gasteiger partial charge in [-0.2, -0.15) is 0 Å². The maximum Gasteiger partial charge on any atom is 0.207 e. The summed E-state index contributed by atoms with van der Waals surface area (Å²) in [6.45, 7) is 3.88. The summed E-state index contributed by atoms with van der Waals surface area (Å²) in [5.74, 6) is 0.864. The van der Waals surface area contributed by atoms with E-state index < -0.39 is 0 Å². The van der Waals surface area contributed by atoms with Crippen molar-refractivity contribution in [3.05, 3.63) is 42.7 Å². The van der Waals surface area contributed by atoms with E-state index >= 15 is 0 Å². The van der Waals surface area contributed by atoms with Crippen LogP contribution in [0.15, 0.2) is 42.7 Å². The SMILES string of the molecule is CC1(Cn2ccnc2Nc2ccccc2)CCCO1. The average Bonchev–Trinajstić information content (AvgIpc) is 3.02. The highest BCUT2D eigenvalue weighted by atomic mass is 16.5. The molecule has 1 aromatic heterocycles. The number of imidazole rings is 1. The summed E-state index contributed by atoms with van der Waals surface area (Å²) in [5.41, 5.74) is 0.987. The van der Waals surface area contributed by atoms with Gasteiger partial charge in [0, 0.05) is 24.7 Å². The number of aromatic nitrogens is 2. The van der Waals surface area contributed by atoms with Crippen LogP contribution in [0.3, 0.4) is 0 Å². The smallest absolute Gasteiger partial charge is 0.207 e. The maximum absolute atomic E-state index is 5.84. The maximum atomic E-state index is 5.84. The molecule has 1 aromatic carbocycles. The number of ether oxygens (including phenoxy) is 1. The van der Waals surface area contributed by atoms with Crippen molar-refractivity contribution in [3.63, 3.8) is 0 Å². The fraction of sp³-hybridized carbons (Fsp3) is 0.400. The van der Waals surface area contributed by atoms with Crippen molar-refractivity contribution in [3.8, 4) is 0 Å². The summed E-state index contributed by atoms with van der Waals surface area (Å²) in [6.07, 6.45) is 6.07. The minimum atomic E-state index is -0.0617. The van der Waals surface area contributed by atoms with Crippen molar-refractivity contribution in [2.45, 2.75) is 31.9 Å². The summed E-state index contributed by atoms with van der Waals surface area (Å²) in [5, 5.41) is 3.34. The van der Waals surface area contributed by atoms with Gasteiger partial charge in [0.05, 0.1) is 12.1 Å². The largest absolute Gasteiger partial charge is 0.373 e. The third-order valence-corrected chi connectivity index (χ3v) is 3.55. The van der Waals surface area contributed by atoms with E-state index in [1.807, 2.05) is 42.7 Å². The number of hydrogen-bond acceptors (Lipinski definition) is 3. The molecule has 0 saturated carbocycles. The molecule has 1 saturated heterocycles. The van der Waals surface area contributed by atoms with Crippen molar-refractivity contribution in [1.29, 1.82) is 0 Å². The lowest BCUT2D eigenvalue weighted by Gasteiger charge is -2.24. The molecule has 1 aliphatic heterocycles. The molecule has 0 radical (unpaired) electrons. The van der Waals surface area contributed by atoms with E-state index in [1.165, 1.54) is 0 Å². The Bertz CT molecular complexity index is 529. The Balaban J connectivity index is 1.75. The van der Waals surface area contributed by atoms with Crippen LogP contribution in [0.2, 0.25) is 0 Å². The van der Waals surface area contributed by atoms with Gasteiger partial charge in [0.25, 0.3) is 0 Å². The molecule has 1 fully saturated rings. The molecule has 19 heavy (non-hydrogen) atoms. The number of para-hydroxylation sites is 1. The standard InChI is InChI=1S/C15H19N3O/c1-15(8-5-11-19-15)12-18-10-9-16-14(18)17-13-6-3-2-4-7-13/h2-4,6-7,9-10H,5,8,11-12H2,1H3,(H,16,17). The van der Waals surface area contributed by atoms with Crippen LogP contribution in [0.4, 0.5) is 11.6 Å². The molecular weight excluding hydrogens is 238 g/mol. The average molecular weight is 257 g/mol. The predicted octanol–water partition coefficient (Wildman–Crippen LogP) is 3.20. The van der Waals surface area contributed by atoms with E-state index in [-0.39, 0.29) is 5.60 Å². The van der Waals surface area contributed by atoms with Gasteiger partial charge < -0.3 is 14.6 Å². The molecule has 0 bridgehead atoms. The number of nitrogens with one attached hydrogen (secondary N) is 1. The normalized spacial score (nSPS) is 22.6. The second kappa shape index (κ2) is 5.05. The minimum Gasteiger partial charge on any atom is -0.373 e. The third-order valence-electron chi connectivity index (χ3n) is 3.55.